The zero-order valence-electron chi connectivity index (χ0n) is 10.6. The second-order valence-electron chi connectivity index (χ2n) is 4.10. The Labute approximate surface area is 125 Å². The Kier molecular flexibility index (Phi) is 3.45. The van der Waals surface area contributed by atoms with Gasteiger partial charge in [0.2, 0.25) is 0 Å². The molecule has 0 aliphatic rings. The van der Waals surface area contributed by atoms with Gasteiger partial charge in [0.05, 0.1) is 10.9 Å². The lowest BCUT2D eigenvalue weighted by Gasteiger charge is -2.03. The molecule has 22 heavy (non-hydrogen) atoms. The number of halogens is 3. The highest BCUT2D eigenvalue weighted by Crippen LogP contribution is 2.32. The van der Waals surface area contributed by atoms with Crippen LogP contribution >= 0.6 is 11.3 Å². The number of carbonyl (C=O) groups excluding carboxylic acids is 1. The van der Waals surface area contributed by atoms with Gasteiger partial charge in [0.25, 0.3) is 5.91 Å². The summed E-state index contributed by atoms with van der Waals surface area (Å²) in [4.78, 5) is 26.7. The fraction of sp³-hybridized carbons (Fsp3) is 0.0833. The summed E-state index contributed by atoms with van der Waals surface area (Å²) in [5, 5.41) is 2.64. The molecule has 0 aliphatic carbocycles. The van der Waals surface area contributed by atoms with Crippen LogP contribution in [0.1, 0.15) is 16.2 Å². The number of carbonyl (C=O) groups is 1. The van der Waals surface area contributed by atoms with E-state index in [4.69, 9.17) is 0 Å². The number of alkyl halides is 3. The number of nitrogens with zero attached hydrogens (tertiary/aromatic N) is 4. The second kappa shape index (κ2) is 5.30. The highest BCUT2D eigenvalue weighted by molar-refractivity contribution is 7.22. The SMILES string of the molecule is O=C(Nc1nc2cnc(C(F)(F)F)cc2s1)c1ccncn1. The van der Waals surface area contributed by atoms with Crippen molar-refractivity contribution in [3.05, 3.63) is 42.2 Å². The predicted octanol–water partition coefficient (Wildman–Crippen LogP) is 2.75. The molecule has 1 N–H and O–H groups in total. The minimum absolute atomic E-state index is 0.128. The lowest BCUT2D eigenvalue weighted by molar-refractivity contribution is -0.141. The zero-order chi connectivity index (χ0) is 15.7. The summed E-state index contributed by atoms with van der Waals surface area (Å²) in [5.41, 5.74) is -0.600. The van der Waals surface area contributed by atoms with E-state index < -0.39 is 17.8 Å². The molecule has 3 heterocycles. The standard InChI is InChI=1S/C12H6F3N5OS/c13-12(14,15)9-3-8-7(4-17-9)19-11(22-8)20-10(21)6-1-2-16-5-18-6/h1-5H,(H,19,20,21). The summed E-state index contributed by atoms with van der Waals surface area (Å²) in [5.74, 6) is -0.523. The van der Waals surface area contributed by atoms with Crippen molar-refractivity contribution in [2.75, 3.05) is 5.32 Å². The van der Waals surface area contributed by atoms with Crippen molar-refractivity contribution in [1.29, 1.82) is 0 Å². The number of hydrogen-bond donors (Lipinski definition) is 1. The molecule has 0 aliphatic heterocycles. The number of fused-ring (bicyclic) bond motifs is 1. The first kappa shape index (κ1) is 14.3. The van der Waals surface area contributed by atoms with Crippen LogP contribution in [0, 0.1) is 0 Å². The number of amides is 1. The molecule has 0 bridgehead atoms. The summed E-state index contributed by atoms with van der Waals surface area (Å²) >= 11 is 0.924. The highest BCUT2D eigenvalue weighted by Gasteiger charge is 2.32. The number of nitrogens with one attached hydrogen (secondary N) is 1. The minimum atomic E-state index is -4.53. The smallest absolute Gasteiger partial charge is 0.296 e. The lowest BCUT2D eigenvalue weighted by Crippen LogP contribution is -2.13. The van der Waals surface area contributed by atoms with Crippen molar-refractivity contribution in [3.8, 4) is 0 Å². The molecule has 1 amide bonds. The molecule has 0 spiro atoms. The Hall–Kier alpha value is -2.62. The molecule has 0 saturated carbocycles. The fourth-order valence-electron chi connectivity index (χ4n) is 1.63. The molecule has 0 aromatic carbocycles. The topological polar surface area (TPSA) is 80.7 Å². The van der Waals surface area contributed by atoms with E-state index in [1.807, 2.05) is 0 Å². The highest BCUT2D eigenvalue weighted by atomic mass is 32.1. The number of rotatable bonds is 2. The zero-order valence-corrected chi connectivity index (χ0v) is 11.4. The fourth-order valence-corrected chi connectivity index (χ4v) is 2.50. The molecular formula is C12H6F3N5OS. The quantitative estimate of drug-likeness (QED) is 0.783. The van der Waals surface area contributed by atoms with Gasteiger partial charge in [0.1, 0.15) is 23.2 Å². The summed E-state index contributed by atoms with van der Waals surface area (Å²) in [7, 11) is 0. The minimum Gasteiger partial charge on any atom is -0.296 e. The van der Waals surface area contributed by atoms with Crippen LogP contribution in [-0.2, 0) is 6.18 Å². The molecule has 3 rings (SSSR count). The molecule has 112 valence electrons. The van der Waals surface area contributed by atoms with Crippen LogP contribution in [0.3, 0.4) is 0 Å². The molecule has 0 radical (unpaired) electrons. The normalized spacial score (nSPS) is 11.6. The van der Waals surface area contributed by atoms with E-state index in [1.165, 1.54) is 18.6 Å². The largest absolute Gasteiger partial charge is 0.433 e. The molecular weight excluding hydrogens is 319 g/mol. The Morgan fingerprint density at radius 3 is 2.77 bits per heavy atom. The monoisotopic (exact) mass is 325 g/mol. The first-order chi connectivity index (χ1) is 10.4. The van der Waals surface area contributed by atoms with Crippen LogP contribution in [0.25, 0.3) is 10.2 Å². The molecule has 0 atom stereocenters. The van der Waals surface area contributed by atoms with E-state index in [0.29, 0.717) is 0 Å². The maximum absolute atomic E-state index is 12.6. The maximum atomic E-state index is 12.6. The summed E-state index contributed by atoms with van der Waals surface area (Å²) in [6.45, 7) is 0. The Morgan fingerprint density at radius 2 is 2.09 bits per heavy atom. The molecule has 0 saturated heterocycles. The van der Waals surface area contributed by atoms with Gasteiger partial charge in [-0.3, -0.25) is 10.1 Å². The van der Waals surface area contributed by atoms with Gasteiger partial charge in [-0.2, -0.15) is 13.2 Å². The number of thiazole rings is 1. The Morgan fingerprint density at radius 1 is 1.27 bits per heavy atom. The third kappa shape index (κ3) is 2.86. The Bertz CT molecular complexity index is 834. The van der Waals surface area contributed by atoms with Crippen LogP contribution in [0.4, 0.5) is 18.3 Å². The molecule has 0 unspecified atom stereocenters. The van der Waals surface area contributed by atoms with Gasteiger partial charge >= 0.3 is 6.18 Å². The third-order valence-corrected chi connectivity index (χ3v) is 3.53. The van der Waals surface area contributed by atoms with E-state index in [1.54, 1.807) is 0 Å². The van der Waals surface area contributed by atoms with Gasteiger partial charge in [-0.1, -0.05) is 11.3 Å². The van der Waals surface area contributed by atoms with Gasteiger partial charge < -0.3 is 0 Å². The molecule has 6 nitrogen and oxygen atoms in total. The van der Waals surface area contributed by atoms with Crippen molar-refractivity contribution < 1.29 is 18.0 Å². The van der Waals surface area contributed by atoms with Gasteiger partial charge in [0.15, 0.2) is 5.13 Å². The third-order valence-electron chi connectivity index (χ3n) is 2.60. The van der Waals surface area contributed by atoms with Crippen LogP contribution in [0.2, 0.25) is 0 Å². The van der Waals surface area contributed by atoms with Crippen LogP contribution in [-0.4, -0.2) is 25.8 Å². The van der Waals surface area contributed by atoms with Crippen molar-refractivity contribution in [1.82, 2.24) is 19.9 Å². The lowest BCUT2D eigenvalue weighted by atomic mass is 10.3. The van der Waals surface area contributed by atoms with E-state index in [0.717, 1.165) is 23.6 Å². The van der Waals surface area contributed by atoms with Crippen molar-refractivity contribution in [2.45, 2.75) is 6.18 Å². The van der Waals surface area contributed by atoms with Gasteiger partial charge in [0, 0.05) is 6.20 Å². The van der Waals surface area contributed by atoms with Gasteiger partial charge in [-0.15, -0.1) is 0 Å². The van der Waals surface area contributed by atoms with E-state index >= 15 is 0 Å². The van der Waals surface area contributed by atoms with Crippen LogP contribution in [0.15, 0.2) is 30.9 Å². The average molecular weight is 325 g/mol. The van der Waals surface area contributed by atoms with Crippen molar-refractivity contribution in [2.24, 2.45) is 0 Å². The van der Waals surface area contributed by atoms with Crippen LogP contribution < -0.4 is 5.32 Å². The van der Waals surface area contributed by atoms with Gasteiger partial charge in [-0.25, -0.2) is 19.9 Å². The Balaban J connectivity index is 1.88. The van der Waals surface area contributed by atoms with Crippen molar-refractivity contribution >= 4 is 32.6 Å². The average Bonchev–Trinajstić information content (AvgIpc) is 2.88. The van der Waals surface area contributed by atoms with E-state index in [9.17, 15) is 18.0 Å². The first-order valence-electron chi connectivity index (χ1n) is 5.84. The molecule has 3 aromatic rings. The molecule has 0 fully saturated rings. The summed E-state index contributed by atoms with van der Waals surface area (Å²) in [6, 6.07) is 2.30. The second-order valence-corrected chi connectivity index (χ2v) is 5.13. The number of anilines is 1. The van der Waals surface area contributed by atoms with E-state index in [-0.39, 0.29) is 21.0 Å². The van der Waals surface area contributed by atoms with Crippen LogP contribution in [0.5, 0.6) is 0 Å². The first-order valence-corrected chi connectivity index (χ1v) is 6.66. The number of aromatic nitrogens is 4. The number of hydrogen-bond acceptors (Lipinski definition) is 6. The number of pyridine rings is 1. The summed E-state index contributed by atoms with van der Waals surface area (Å²) in [6.07, 6.45) is -0.885. The molecule has 3 aromatic heterocycles. The van der Waals surface area contributed by atoms with E-state index in [2.05, 4.69) is 25.3 Å². The molecule has 10 heteroatoms. The van der Waals surface area contributed by atoms with Crippen molar-refractivity contribution in [3.63, 3.8) is 0 Å². The predicted molar refractivity (Wildman–Crippen MR) is 72.4 cm³/mol. The summed E-state index contributed by atoms with van der Waals surface area (Å²) < 4.78 is 38.1. The van der Waals surface area contributed by atoms with Gasteiger partial charge in [-0.05, 0) is 12.1 Å². The maximum Gasteiger partial charge on any atom is 0.433 e.